The summed E-state index contributed by atoms with van der Waals surface area (Å²) < 4.78 is 0. The van der Waals surface area contributed by atoms with Crippen LogP contribution in [0.1, 0.15) is 41.0 Å². The molecule has 14 heavy (non-hydrogen) atoms. The zero-order valence-electron chi connectivity index (χ0n) is 10.0. The van der Waals surface area contributed by atoms with E-state index in [1.54, 1.807) is 6.92 Å². The maximum absolute atomic E-state index is 10.7. The molecule has 0 fully saturated rings. The standard InChI is InChI=1S/C6H11NO3.2C2H6/c1-4(3-5(8)9)6(10)7-2;2*1-2/h4H,3H2,1-2H3,(H,7,10)(H,8,9);2*1-2H3. The number of hydrogen-bond acceptors (Lipinski definition) is 2. The zero-order chi connectivity index (χ0) is 12.1. The van der Waals surface area contributed by atoms with Crippen molar-refractivity contribution in [3.8, 4) is 0 Å². The van der Waals surface area contributed by atoms with E-state index >= 15 is 0 Å². The summed E-state index contributed by atoms with van der Waals surface area (Å²) in [5.41, 5.74) is 0. The molecule has 2 N–H and O–H groups in total. The van der Waals surface area contributed by atoms with Gasteiger partial charge in [-0.2, -0.15) is 0 Å². The lowest BCUT2D eigenvalue weighted by Gasteiger charge is -2.04. The molecule has 4 heteroatoms. The van der Waals surface area contributed by atoms with Crippen molar-refractivity contribution in [2.45, 2.75) is 41.0 Å². The lowest BCUT2D eigenvalue weighted by molar-refractivity contribution is -0.140. The monoisotopic (exact) mass is 205 g/mol. The van der Waals surface area contributed by atoms with Gasteiger partial charge in [-0.3, -0.25) is 9.59 Å². The number of carbonyl (C=O) groups excluding carboxylic acids is 1. The molecule has 0 spiro atoms. The number of hydrogen-bond donors (Lipinski definition) is 2. The average Bonchev–Trinajstić information content (AvgIpc) is 2.21. The van der Waals surface area contributed by atoms with Gasteiger partial charge in [0.15, 0.2) is 0 Å². The van der Waals surface area contributed by atoms with Crippen molar-refractivity contribution in [3.05, 3.63) is 0 Å². The van der Waals surface area contributed by atoms with E-state index in [0.717, 1.165) is 0 Å². The van der Waals surface area contributed by atoms with Gasteiger partial charge in [-0.25, -0.2) is 0 Å². The van der Waals surface area contributed by atoms with Crippen molar-refractivity contribution in [2.75, 3.05) is 7.05 Å². The van der Waals surface area contributed by atoms with Gasteiger partial charge in [0.1, 0.15) is 0 Å². The Kier molecular flexibility index (Phi) is 19.3. The van der Waals surface area contributed by atoms with Gasteiger partial charge in [0, 0.05) is 13.0 Å². The fourth-order valence-corrected chi connectivity index (χ4v) is 0.601. The van der Waals surface area contributed by atoms with Crippen LogP contribution in [0.4, 0.5) is 0 Å². The first-order valence-electron chi connectivity index (χ1n) is 5.01. The molecule has 0 aliphatic rings. The summed E-state index contributed by atoms with van der Waals surface area (Å²) in [5.74, 6) is -1.62. The molecule has 0 aromatic carbocycles. The van der Waals surface area contributed by atoms with Gasteiger partial charge in [0.05, 0.1) is 6.42 Å². The van der Waals surface area contributed by atoms with Crippen molar-refractivity contribution in [1.29, 1.82) is 0 Å². The Morgan fingerprint density at radius 2 is 1.57 bits per heavy atom. The van der Waals surface area contributed by atoms with E-state index < -0.39 is 11.9 Å². The predicted molar refractivity (Wildman–Crippen MR) is 58.2 cm³/mol. The van der Waals surface area contributed by atoms with Crippen molar-refractivity contribution < 1.29 is 14.7 Å². The normalized spacial score (nSPS) is 9.57. The highest BCUT2D eigenvalue weighted by Gasteiger charge is 2.13. The van der Waals surface area contributed by atoms with Crippen LogP contribution >= 0.6 is 0 Å². The number of carbonyl (C=O) groups is 2. The molecule has 86 valence electrons. The third-order valence-corrected chi connectivity index (χ3v) is 1.17. The highest BCUT2D eigenvalue weighted by Crippen LogP contribution is 1.99. The molecule has 1 atom stereocenters. The number of nitrogens with one attached hydrogen (secondary N) is 1. The summed E-state index contributed by atoms with van der Waals surface area (Å²) in [6, 6.07) is 0. The molecule has 1 amide bonds. The minimum Gasteiger partial charge on any atom is -0.481 e. The van der Waals surface area contributed by atoms with E-state index in [9.17, 15) is 9.59 Å². The van der Waals surface area contributed by atoms with Crippen LogP contribution in [-0.2, 0) is 9.59 Å². The Morgan fingerprint density at radius 3 is 1.79 bits per heavy atom. The summed E-state index contributed by atoms with van der Waals surface area (Å²) in [4.78, 5) is 20.7. The predicted octanol–water partition coefficient (Wildman–Crippen LogP) is 1.90. The van der Waals surface area contributed by atoms with Crippen molar-refractivity contribution >= 4 is 11.9 Å². The Bertz CT molecular complexity index is 146. The fourth-order valence-electron chi connectivity index (χ4n) is 0.601. The Labute approximate surface area is 86.7 Å². The molecule has 1 unspecified atom stereocenters. The van der Waals surface area contributed by atoms with E-state index in [4.69, 9.17) is 5.11 Å². The molecule has 0 heterocycles. The van der Waals surface area contributed by atoms with Gasteiger partial charge in [0.2, 0.25) is 5.91 Å². The highest BCUT2D eigenvalue weighted by molar-refractivity contribution is 5.82. The first-order chi connectivity index (χ1) is 6.57. The molecule has 0 radical (unpaired) electrons. The minimum absolute atomic E-state index is 0.111. The SMILES string of the molecule is CC.CC.CNC(=O)C(C)CC(=O)O. The second-order valence-corrected chi connectivity index (χ2v) is 2.11. The lowest BCUT2D eigenvalue weighted by atomic mass is 10.1. The van der Waals surface area contributed by atoms with Gasteiger partial charge in [-0.1, -0.05) is 34.6 Å². The van der Waals surface area contributed by atoms with Crippen LogP contribution in [0.15, 0.2) is 0 Å². The summed E-state index contributed by atoms with van der Waals surface area (Å²) in [7, 11) is 1.49. The third kappa shape index (κ3) is 13.5. The molecule has 0 aliphatic carbocycles. The van der Waals surface area contributed by atoms with Crippen LogP contribution in [0.3, 0.4) is 0 Å². The third-order valence-electron chi connectivity index (χ3n) is 1.17. The summed E-state index contributed by atoms with van der Waals surface area (Å²) in [6.07, 6.45) is -0.111. The smallest absolute Gasteiger partial charge is 0.304 e. The van der Waals surface area contributed by atoms with E-state index in [1.165, 1.54) is 7.05 Å². The molecule has 0 saturated heterocycles. The Hall–Kier alpha value is -1.06. The number of carboxylic acid groups (broad SMARTS) is 1. The largest absolute Gasteiger partial charge is 0.481 e. The second kappa shape index (κ2) is 14.5. The molecule has 0 aromatic rings. The molecule has 0 bridgehead atoms. The van der Waals surface area contributed by atoms with Crippen molar-refractivity contribution in [1.82, 2.24) is 5.32 Å². The van der Waals surface area contributed by atoms with Gasteiger partial charge in [-0.15, -0.1) is 0 Å². The minimum atomic E-state index is -0.948. The van der Waals surface area contributed by atoms with Crippen LogP contribution in [0.5, 0.6) is 0 Å². The summed E-state index contributed by atoms with van der Waals surface area (Å²) in [5, 5.41) is 10.6. The van der Waals surface area contributed by atoms with Gasteiger partial charge in [-0.05, 0) is 0 Å². The Morgan fingerprint density at radius 1 is 1.21 bits per heavy atom. The van der Waals surface area contributed by atoms with Crippen molar-refractivity contribution in [3.63, 3.8) is 0 Å². The summed E-state index contributed by atoms with van der Waals surface area (Å²) >= 11 is 0. The Balaban J connectivity index is -0.000000266. The van der Waals surface area contributed by atoms with E-state index in [2.05, 4.69) is 5.32 Å². The van der Waals surface area contributed by atoms with Crippen LogP contribution in [0.2, 0.25) is 0 Å². The first kappa shape index (κ1) is 18.7. The average molecular weight is 205 g/mol. The van der Waals surface area contributed by atoms with Gasteiger partial charge in [0.25, 0.3) is 0 Å². The number of amides is 1. The van der Waals surface area contributed by atoms with E-state index in [1.807, 2.05) is 27.7 Å². The zero-order valence-corrected chi connectivity index (χ0v) is 10.0. The molecular formula is C10H23NO3. The maximum atomic E-state index is 10.7. The molecule has 0 rings (SSSR count). The van der Waals surface area contributed by atoms with Crippen LogP contribution in [-0.4, -0.2) is 24.0 Å². The molecule has 0 saturated carbocycles. The fraction of sp³-hybridized carbons (Fsp3) is 0.800. The van der Waals surface area contributed by atoms with Gasteiger partial charge < -0.3 is 10.4 Å². The van der Waals surface area contributed by atoms with Crippen LogP contribution in [0, 0.1) is 5.92 Å². The number of rotatable bonds is 3. The molecular weight excluding hydrogens is 182 g/mol. The maximum Gasteiger partial charge on any atom is 0.304 e. The second-order valence-electron chi connectivity index (χ2n) is 2.11. The molecule has 0 aliphatic heterocycles. The van der Waals surface area contributed by atoms with Crippen molar-refractivity contribution in [2.24, 2.45) is 5.92 Å². The lowest BCUT2D eigenvalue weighted by Crippen LogP contribution is -2.26. The van der Waals surface area contributed by atoms with Crippen LogP contribution < -0.4 is 5.32 Å². The highest BCUT2D eigenvalue weighted by atomic mass is 16.4. The summed E-state index contributed by atoms with van der Waals surface area (Å²) in [6.45, 7) is 9.58. The topological polar surface area (TPSA) is 66.4 Å². The number of carboxylic acids is 1. The quantitative estimate of drug-likeness (QED) is 0.739. The first-order valence-corrected chi connectivity index (χ1v) is 5.01. The molecule has 0 aromatic heterocycles. The number of aliphatic carboxylic acids is 1. The van der Waals surface area contributed by atoms with E-state index in [0.29, 0.717) is 0 Å². The van der Waals surface area contributed by atoms with Crippen LogP contribution in [0.25, 0.3) is 0 Å². The van der Waals surface area contributed by atoms with Gasteiger partial charge >= 0.3 is 5.97 Å². The molecule has 4 nitrogen and oxygen atoms in total. The van der Waals surface area contributed by atoms with E-state index in [-0.39, 0.29) is 12.3 Å².